The van der Waals surface area contributed by atoms with Crippen molar-refractivity contribution in [3.8, 4) is 0 Å². The second-order valence-corrected chi connectivity index (χ2v) is 4.91. The van der Waals surface area contributed by atoms with Gasteiger partial charge in [0, 0.05) is 32.8 Å². The molecule has 0 heterocycles. The largest absolute Gasteiger partial charge is 0.379 e. The van der Waals surface area contributed by atoms with Crippen molar-refractivity contribution >= 4 is 0 Å². The lowest BCUT2D eigenvalue weighted by atomic mass is 9.85. The molecule has 5 nitrogen and oxygen atoms in total. The van der Waals surface area contributed by atoms with Gasteiger partial charge in [0.05, 0.1) is 25.4 Å². The zero-order valence-electron chi connectivity index (χ0n) is 12.1. The Hall–Kier alpha value is -0.200. The zero-order valence-corrected chi connectivity index (χ0v) is 12.1. The van der Waals surface area contributed by atoms with Crippen LogP contribution < -0.4 is 5.32 Å². The smallest absolute Gasteiger partial charge is 0.0986 e. The molecule has 0 spiro atoms. The Morgan fingerprint density at radius 1 is 1.28 bits per heavy atom. The normalized spacial score (nSPS) is 27.5. The van der Waals surface area contributed by atoms with E-state index < -0.39 is 0 Å². The molecule has 0 aliphatic heterocycles. The van der Waals surface area contributed by atoms with Crippen LogP contribution in [0.3, 0.4) is 0 Å². The van der Waals surface area contributed by atoms with E-state index in [1.807, 2.05) is 21.0 Å². The molecule has 0 aromatic rings. The molecular weight excluding hydrogens is 232 g/mol. The first-order chi connectivity index (χ1) is 8.69. The SMILES string of the molecule is CCOC1CC(NCCOCCN(C)C)C1OC. The summed E-state index contributed by atoms with van der Waals surface area (Å²) < 4.78 is 16.6. The molecule has 0 saturated heterocycles. The standard InChI is InChI=1S/C13H28N2O3/c1-5-18-12-10-11(13(12)16-4)14-6-8-17-9-7-15(2)3/h11-14H,5-10H2,1-4H3. The Labute approximate surface area is 111 Å². The van der Waals surface area contributed by atoms with E-state index in [-0.39, 0.29) is 12.2 Å². The van der Waals surface area contributed by atoms with E-state index in [2.05, 4.69) is 10.2 Å². The van der Waals surface area contributed by atoms with Crippen LogP contribution in [0.4, 0.5) is 0 Å². The molecule has 5 heteroatoms. The predicted octanol–water partition coefficient (Wildman–Crippen LogP) is 0.347. The molecule has 3 unspecified atom stereocenters. The van der Waals surface area contributed by atoms with Crippen molar-refractivity contribution in [1.29, 1.82) is 0 Å². The summed E-state index contributed by atoms with van der Waals surface area (Å²) in [6.45, 7) is 6.15. The van der Waals surface area contributed by atoms with Gasteiger partial charge in [-0.15, -0.1) is 0 Å². The molecule has 108 valence electrons. The van der Waals surface area contributed by atoms with Crippen LogP contribution in [0.5, 0.6) is 0 Å². The van der Waals surface area contributed by atoms with Gasteiger partial charge in [-0.3, -0.25) is 0 Å². The van der Waals surface area contributed by atoms with E-state index in [1.54, 1.807) is 7.11 Å². The maximum atomic E-state index is 5.58. The highest BCUT2D eigenvalue weighted by atomic mass is 16.5. The van der Waals surface area contributed by atoms with Crippen LogP contribution in [0.2, 0.25) is 0 Å². The number of rotatable bonds is 10. The molecule has 18 heavy (non-hydrogen) atoms. The van der Waals surface area contributed by atoms with Crippen LogP contribution in [0.1, 0.15) is 13.3 Å². The van der Waals surface area contributed by atoms with Crippen molar-refractivity contribution in [2.45, 2.75) is 31.6 Å². The number of hydrogen-bond acceptors (Lipinski definition) is 5. The van der Waals surface area contributed by atoms with Crippen LogP contribution >= 0.6 is 0 Å². The maximum Gasteiger partial charge on any atom is 0.0986 e. The van der Waals surface area contributed by atoms with Crippen molar-refractivity contribution in [3.05, 3.63) is 0 Å². The number of hydrogen-bond donors (Lipinski definition) is 1. The third-order valence-corrected chi connectivity index (χ3v) is 3.24. The molecule has 1 rings (SSSR count). The topological polar surface area (TPSA) is 43.0 Å². The van der Waals surface area contributed by atoms with Crippen molar-refractivity contribution in [2.24, 2.45) is 0 Å². The molecule has 0 bridgehead atoms. The fraction of sp³-hybridized carbons (Fsp3) is 1.00. The van der Waals surface area contributed by atoms with Gasteiger partial charge in [-0.1, -0.05) is 0 Å². The van der Waals surface area contributed by atoms with Crippen LogP contribution in [-0.4, -0.2) is 77.3 Å². The fourth-order valence-electron chi connectivity index (χ4n) is 2.14. The van der Waals surface area contributed by atoms with E-state index in [0.29, 0.717) is 6.04 Å². The molecule has 1 fully saturated rings. The first-order valence-electron chi connectivity index (χ1n) is 6.79. The summed E-state index contributed by atoms with van der Waals surface area (Å²) in [6, 6.07) is 0.406. The third-order valence-electron chi connectivity index (χ3n) is 3.24. The lowest BCUT2D eigenvalue weighted by molar-refractivity contribution is -0.131. The first kappa shape index (κ1) is 15.9. The second-order valence-electron chi connectivity index (χ2n) is 4.91. The quantitative estimate of drug-likeness (QED) is 0.574. The molecule has 1 N–H and O–H groups in total. The van der Waals surface area contributed by atoms with Crippen LogP contribution in [-0.2, 0) is 14.2 Å². The Morgan fingerprint density at radius 2 is 2.06 bits per heavy atom. The molecular formula is C13H28N2O3. The lowest BCUT2D eigenvalue weighted by Gasteiger charge is -2.43. The van der Waals surface area contributed by atoms with Gasteiger partial charge in [0.15, 0.2) is 0 Å². The van der Waals surface area contributed by atoms with Crippen LogP contribution in [0.25, 0.3) is 0 Å². The monoisotopic (exact) mass is 260 g/mol. The Morgan fingerprint density at radius 3 is 2.67 bits per heavy atom. The van der Waals surface area contributed by atoms with Crippen molar-refractivity contribution in [2.75, 3.05) is 54.1 Å². The number of methoxy groups -OCH3 is 1. The molecule has 3 atom stereocenters. The van der Waals surface area contributed by atoms with Gasteiger partial charge < -0.3 is 24.4 Å². The molecule has 1 aliphatic rings. The minimum absolute atomic E-state index is 0.187. The number of nitrogens with one attached hydrogen (secondary N) is 1. The minimum Gasteiger partial charge on any atom is -0.379 e. The van der Waals surface area contributed by atoms with Gasteiger partial charge >= 0.3 is 0 Å². The summed E-state index contributed by atoms with van der Waals surface area (Å²) in [6.07, 6.45) is 1.48. The summed E-state index contributed by atoms with van der Waals surface area (Å²) in [5.41, 5.74) is 0. The highest BCUT2D eigenvalue weighted by Crippen LogP contribution is 2.26. The summed E-state index contributed by atoms with van der Waals surface area (Å²) in [5.74, 6) is 0. The average molecular weight is 260 g/mol. The van der Waals surface area contributed by atoms with Gasteiger partial charge in [0.1, 0.15) is 0 Å². The molecule has 0 amide bonds. The fourth-order valence-corrected chi connectivity index (χ4v) is 2.14. The Kier molecular flexibility index (Phi) is 7.77. The van der Waals surface area contributed by atoms with E-state index in [9.17, 15) is 0 Å². The molecule has 1 saturated carbocycles. The molecule has 0 radical (unpaired) electrons. The average Bonchev–Trinajstić information content (AvgIpc) is 2.30. The summed E-state index contributed by atoms with van der Waals surface area (Å²) in [7, 11) is 5.85. The summed E-state index contributed by atoms with van der Waals surface area (Å²) in [4.78, 5) is 2.12. The third kappa shape index (κ3) is 5.20. The lowest BCUT2D eigenvalue weighted by Crippen LogP contribution is -2.60. The summed E-state index contributed by atoms with van der Waals surface area (Å²) >= 11 is 0. The van der Waals surface area contributed by atoms with E-state index >= 15 is 0 Å². The first-order valence-corrected chi connectivity index (χ1v) is 6.79. The van der Waals surface area contributed by atoms with Gasteiger partial charge in [-0.05, 0) is 27.4 Å². The molecule has 0 aromatic heterocycles. The van der Waals surface area contributed by atoms with E-state index in [1.165, 1.54) is 0 Å². The number of ether oxygens (including phenoxy) is 3. The van der Waals surface area contributed by atoms with Gasteiger partial charge in [-0.25, -0.2) is 0 Å². The second kappa shape index (κ2) is 8.82. The van der Waals surface area contributed by atoms with Gasteiger partial charge in [-0.2, -0.15) is 0 Å². The van der Waals surface area contributed by atoms with Crippen molar-refractivity contribution in [1.82, 2.24) is 10.2 Å². The van der Waals surface area contributed by atoms with Gasteiger partial charge in [0.25, 0.3) is 0 Å². The number of nitrogens with zero attached hydrogens (tertiary/aromatic N) is 1. The highest BCUT2D eigenvalue weighted by molar-refractivity contribution is 4.96. The van der Waals surface area contributed by atoms with Gasteiger partial charge in [0.2, 0.25) is 0 Å². The summed E-state index contributed by atoms with van der Waals surface area (Å²) in [5, 5.41) is 3.45. The Balaban J connectivity index is 2.00. The van der Waals surface area contributed by atoms with E-state index in [0.717, 1.165) is 39.3 Å². The van der Waals surface area contributed by atoms with Crippen molar-refractivity contribution in [3.63, 3.8) is 0 Å². The predicted molar refractivity (Wildman–Crippen MR) is 72.0 cm³/mol. The van der Waals surface area contributed by atoms with E-state index in [4.69, 9.17) is 14.2 Å². The van der Waals surface area contributed by atoms with Crippen LogP contribution in [0.15, 0.2) is 0 Å². The zero-order chi connectivity index (χ0) is 13.4. The minimum atomic E-state index is 0.187. The van der Waals surface area contributed by atoms with Crippen molar-refractivity contribution < 1.29 is 14.2 Å². The maximum absolute atomic E-state index is 5.58. The molecule has 0 aromatic carbocycles. The van der Waals surface area contributed by atoms with Crippen LogP contribution in [0, 0.1) is 0 Å². The highest BCUT2D eigenvalue weighted by Gasteiger charge is 2.41. The number of likely N-dealkylation sites (N-methyl/N-ethyl adjacent to an activating group) is 1. The molecule has 1 aliphatic carbocycles. The Bertz CT molecular complexity index is 214.